The molecule has 5 nitrogen and oxygen atoms in total. The molecular weight excluding hydrogens is 308 g/mol. The standard InChI is InChI=1S/C19H18O5/c1-23-16-7-3-13(4-8-16)19(15(12-20)11-18(21)22)14-5-9-17(24-2)10-6-14/h3-10,12H,11H2,1-2H3,(H,21,22). The van der Waals surface area contributed by atoms with Crippen molar-refractivity contribution in [1.82, 2.24) is 0 Å². The summed E-state index contributed by atoms with van der Waals surface area (Å²) >= 11 is 0. The van der Waals surface area contributed by atoms with Crippen LogP contribution in [0.1, 0.15) is 17.5 Å². The van der Waals surface area contributed by atoms with Crippen molar-refractivity contribution < 1.29 is 24.2 Å². The van der Waals surface area contributed by atoms with Crippen LogP contribution in [0.2, 0.25) is 0 Å². The van der Waals surface area contributed by atoms with Gasteiger partial charge in [-0.25, -0.2) is 0 Å². The molecule has 5 heteroatoms. The molecule has 0 unspecified atom stereocenters. The molecule has 0 bridgehead atoms. The summed E-state index contributed by atoms with van der Waals surface area (Å²) in [6, 6.07) is 14.2. The second kappa shape index (κ2) is 7.97. The fourth-order valence-corrected chi connectivity index (χ4v) is 2.40. The van der Waals surface area contributed by atoms with Crippen LogP contribution in [0, 0.1) is 0 Å². The van der Waals surface area contributed by atoms with Crippen LogP contribution in [-0.2, 0) is 9.59 Å². The first-order valence-corrected chi connectivity index (χ1v) is 7.28. The predicted octanol–water partition coefficient (Wildman–Crippen LogP) is 3.18. The number of carbonyl (C=O) groups is 2. The largest absolute Gasteiger partial charge is 0.497 e. The van der Waals surface area contributed by atoms with Crippen molar-refractivity contribution in [2.24, 2.45) is 0 Å². The lowest BCUT2D eigenvalue weighted by Gasteiger charge is -2.13. The van der Waals surface area contributed by atoms with E-state index in [1.165, 1.54) is 0 Å². The molecule has 0 saturated heterocycles. The van der Waals surface area contributed by atoms with Crippen molar-refractivity contribution in [1.29, 1.82) is 0 Å². The average molecular weight is 326 g/mol. The number of ether oxygens (including phenoxy) is 2. The van der Waals surface area contributed by atoms with Crippen molar-refractivity contribution in [2.75, 3.05) is 14.2 Å². The van der Waals surface area contributed by atoms with E-state index in [0.29, 0.717) is 23.4 Å². The van der Waals surface area contributed by atoms with Gasteiger partial charge in [-0.2, -0.15) is 0 Å². The molecule has 0 heterocycles. The predicted molar refractivity (Wildman–Crippen MR) is 90.3 cm³/mol. The maximum absolute atomic E-state index is 11.5. The maximum atomic E-state index is 11.5. The Balaban J connectivity index is 2.60. The minimum Gasteiger partial charge on any atom is -0.497 e. The normalized spacial score (nSPS) is 9.92. The number of benzene rings is 2. The van der Waals surface area contributed by atoms with Crippen LogP contribution < -0.4 is 9.47 Å². The highest BCUT2D eigenvalue weighted by atomic mass is 16.5. The van der Waals surface area contributed by atoms with Crippen LogP contribution >= 0.6 is 0 Å². The van der Waals surface area contributed by atoms with Crippen molar-refractivity contribution >= 4 is 17.8 Å². The third-order valence-electron chi connectivity index (χ3n) is 3.56. The Hall–Kier alpha value is -3.08. The zero-order valence-electron chi connectivity index (χ0n) is 13.5. The Kier molecular flexibility index (Phi) is 5.73. The lowest BCUT2D eigenvalue weighted by Crippen LogP contribution is -2.03. The smallest absolute Gasteiger partial charge is 0.307 e. The summed E-state index contributed by atoms with van der Waals surface area (Å²) in [6.07, 6.45) is 0.245. The summed E-state index contributed by atoms with van der Waals surface area (Å²) in [4.78, 5) is 22.6. The third kappa shape index (κ3) is 4.01. The Morgan fingerprint density at radius 3 is 1.62 bits per heavy atom. The van der Waals surface area contributed by atoms with Crippen molar-refractivity contribution in [3.63, 3.8) is 0 Å². The number of hydrogen-bond acceptors (Lipinski definition) is 4. The summed E-state index contributed by atoms with van der Waals surface area (Å²) < 4.78 is 10.3. The van der Waals surface area contributed by atoms with Crippen LogP contribution in [0.4, 0.5) is 0 Å². The fourth-order valence-electron chi connectivity index (χ4n) is 2.40. The lowest BCUT2D eigenvalue weighted by molar-refractivity contribution is -0.136. The maximum Gasteiger partial charge on any atom is 0.307 e. The first-order valence-electron chi connectivity index (χ1n) is 7.28. The monoisotopic (exact) mass is 326 g/mol. The van der Waals surface area contributed by atoms with Gasteiger partial charge in [0.2, 0.25) is 0 Å². The van der Waals surface area contributed by atoms with Gasteiger partial charge in [0.15, 0.2) is 0 Å². The van der Waals surface area contributed by atoms with E-state index in [1.807, 2.05) is 0 Å². The Labute approximate surface area is 140 Å². The van der Waals surface area contributed by atoms with Crippen LogP contribution in [0.15, 0.2) is 54.1 Å². The third-order valence-corrected chi connectivity index (χ3v) is 3.56. The highest BCUT2D eigenvalue weighted by Crippen LogP contribution is 2.30. The number of methoxy groups -OCH3 is 2. The number of aldehydes is 1. The Morgan fingerprint density at radius 2 is 1.33 bits per heavy atom. The molecule has 2 aromatic rings. The van der Waals surface area contributed by atoms with Crippen LogP contribution in [-0.4, -0.2) is 31.6 Å². The van der Waals surface area contributed by atoms with E-state index in [4.69, 9.17) is 14.6 Å². The first-order chi connectivity index (χ1) is 11.6. The second-order valence-corrected chi connectivity index (χ2v) is 5.05. The summed E-state index contributed by atoms with van der Waals surface area (Å²) in [7, 11) is 3.13. The van der Waals surface area contributed by atoms with Crippen molar-refractivity contribution in [3.8, 4) is 11.5 Å². The quantitative estimate of drug-likeness (QED) is 0.625. The molecule has 0 aliphatic heterocycles. The Bertz CT molecular complexity index is 693. The second-order valence-electron chi connectivity index (χ2n) is 5.05. The molecule has 0 spiro atoms. The molecule has 2 rings (SSSR count). The molecule has 0 aliphatic carbocycles. The minimum absolute atomic E-state index is 0.206. The molecule has 0 saturated carbocycles. The number of rotatable bonds is 7. The van der Waals surface area contributed by atoms with E-state index in [1.54, 1.807) is 62.8 Å². The van der Waals surface area contributed by atoms with E-state index < -0.39 is 5.97 Å². The molecule has 0 atom stereocenters. The van der Waals surface area contributed by atoms with Gasteiger partial charge in [0, 0.05) is 5.57 Å². The van der Waals surface area contributed by atoms with E-state index in [9.17, 15) is 9.59 Å². The molecule has 0 aromatic heterocycles. The first kappa shape index (κ1) is 17.3. The van der Waals surface area contributed by atoms with Gasteiger partial charge in [-0.3, -0.25) is 9.59 Å². The number of carbonyl (C=O) groups excluding carboxylic acids is 1. The molecule has 0 aliphatic rings. The lowest BCUT2D eigenvalue weighted by atomic mass is 9.92. The molecule has 24 heavy (non-hydrogen) atoms. The molecule has 124 valence electrons. The van der Waals surface area contributed by atoms with Crippen LogP contribution in [0.5, 0.6) is 11.5 Å². The summed E-state index contributed by atoms with van der Waals surface area (Å²) in [5.41, 5.74) is 2.27. The van der Waals surface area contributed by atoms with Gasteiger partial charge in [0.25, 0.3) is 0 Å². The van der Waals surface area contributed by atoms with Gasteiger partial charge in [0.1, 0.15) is 17.8 Å². The van der Waals surface area contributed by atoms with E-state index in [2.05, 4.69) is 0 Å². The fraction of sp³-hybridized carbons (Fsp3) is 0.158. The number of hydrogen-bond donors (Lipinski definition) is 1. The number of carboxylic acid groups (broad SMARTS) is 1. The van der Waals surface area contributed by atoms with Crippen molar-refractivity contribution in [3.05, 3.63) is 65.2 Å². The zero-order valence-corrected chi connectivity index (χ0v) is 13.5. The molecule has 0 radical (unpaired) electrons. The minimum atomic E-state index is -1.06. The molecule has 0 fully saturated rings. The SMILES string of the molecule is COc1ccc(C(=C(C=O)CC(=O)O)c2ccc(OC)cc2)cc1. The van der Waals surface area contributed by atoms with Gasteiger partial charge < -0.3 is 14.6 Å². The molecule has 2 aromatic carbocycles. The van der Waals surface area contributed by atoms with E-state index in [0.717, 1.165) is 11.1 Å². The summed E-state index contributed by atoms with van der Waals surface area (Å²) in [6.45, 7) is 0. The number of carboxylic acids is 1. The summed E-state index contributed by atoms with van der Waals surface area (Å²) in [5.74, 6) is 0.300. The van der Waals surface area contributed by atoms with Crippen LogP contribution in [0.25, 0.3) is 5.57 Å². The molecular formula is C19H18O5. The van der Waals surface area contributed by atoms with Crippen molar-refractivity contribution in [2.45, 2.75) is 6.42 Å². The average Bonchev–Trinajstić information content (AvgIpc) is 2.62. The van der Waals surface area contributed by atoms with Crippen LogP contribution in [0.3, 0.4) is 0 Å². The van der Waals surface area contributed by atoms with Gasteiger partial charge in [-0.05, 0) is 41.0 Å². The van der Waals surface area contributed by atoms with Gasteiger partial charge in [-0.15, -0.1) is 0 Å². The number of aliphatic carboxylic acids is 1. The topological polar surface area (TPSA) is 72.8 Å². The van der Waals surface area contributed by atoms with Gasteiger partial charge in [-0.1, -0.05) is 24.3 Å². The Morgan fingerprint density at radius 1 is 0.917 bits per heavy atom. The van der Waals surface area contributed by atoms with E-state index in [-0.39, 0.29) is 12.0 Å². The van der Waals surface area contributed by atoms with Gasteiger partial charge in [0.05, 0.1) is 20.6 Å². The molecule has 1 N–H and O–H groups in total. The zero-order chi connectivity index (χ0) is 17.5. The van der Waals surface area contributed by atoms with E-state index >= 15 is 0 Å². The summed E-state index contributed by atoms with van der Waals surface area (Å²) in [5, 5.41) is 9.09. The molecule has 0 amide bonds. The highest BCUT2D eigenvalue weighted by molar-refractivity contribution is 5.98. The highest BCUT2D eigenvalue weighted by Gasteiger charge is 2.15. The van der Waals surface area contributed by atoms with Gasteiger partial charge >= 0.3 is 5.97 Å².